The van der Waals surface area contributed by atoms with E-state index >= 15 is 0 Å². The Balaban J connectivity index is 3.81. The standard InChI is InChI=1S/C6H9ClO/c1-3-5(7)6(8)4-2/h3-4,6,8H,2H2,1H3. The van der Waals surface area contributed by atoms with Gasteiger partial charge in [0.1, 0.15) is 6.10 Å². The molecule has 46 valence electrons. The minimum atomic E-state index is -0.693. The summed E-state index contributed by atoms with van der Waals surface area (Å²) in [6, 6.07) is 0. The van der Waals surface area contributed by atoms with Crippen LogP contribution in [0.3, 0.4) is 0 Å². The lowest BCUT2D eigenvalue weighted by molar-refractivity contribution is 0.267. The summed E-state index contributed by atoms with van der Waals surface area (Å²) in [4.78, 5) is 0. The second-order valence-electron chi connectivity index (χ2n) is 1.35. The van der Waals surface area contributed by atoms with E-state index in [1.165, 1.54) is 6.08 Å². The lowest BCUT2D eigenvalue weighted by Gasteiger charge is -1.99. The van der Waals surface area contributed by atoms with Crippen LogP contribution in [0.4, 0.5) is 0 Å². The zero-order valence-corrected chi connectivity index (χ0v) is 5.52. The summed E-state index contributed by atoms with van der Waals surface area (Å²) in [7, 11) is 0. The van der Waals surface area contributed by atoms with Gasteiger partial charge in [-0.3, -0.25) is 0 Å². The Hall–Kier alpha value is -0.270. The quantitative estimate of drug-likeness (QED) is 0.567. The van der Waals surface area contributed by atoms with E-state index in [-0.39, 0.29) is 0 Å². The molecule has 0 saturated carbocycles. The Morgan fingerprint density at radius 3 is 2.50 bits per heavy atom. The van der Waals surface area contributed by atoms with Gasteiger partial charge >= 0.3 is 0 Å². The summed E-state index contributed by atoms with van der Waals surface area (Å²) in [5.41, 5.74) is 0. The van der Waals surface area contributed by atoms with Gasteiger partial charge < -0.3 is 5.11 Å². The Bertz CT molecular complexity index is 107. The van der Waals surface area contributed by atoms with Gasteiger partial charge in [-0.15, -0.1) is 6.58 Å². The summed E-state index contributed by atoms with van der Waals surface area (Å²) in [5.74, 6) is 0. The smallest absolute Gasteiger partial charge is 0.107 e. The number of halogens is 1. The number of rotatable bonds is 2. The van der Waals surface area contributed by atoms with Crippen molar-refractivity contribution in [2.75, 3.05) is 0 Å². The molecule has 0 heterocycles. The number of aliphatic hydroxyl groups excluding tert-OH is 1. The third kappa shape index (κ3) is 2.15. The van der Waals surface area contributed by atoms with Gasteiger partial charge in [0.25, 0.3) is 0 Å². The van der Waals surface area contributed by atoms with E-state index < -0.39 is 6.10 Å². The predicted octanol–water partition coefficient (Wildman–Crippen LogP) is 1.68. The van der Waals surface area contributed by atoms with Crippen LogP contribution in [-0.4, -0.2) is 11.2 Å². The summed E-state index contributed by atoms with van der Waals surface area (Å²) in [5, 5.41) is 9.22. The molecule has 0 bridgehead atoms. The topological polar surface area (TPSA) is 20.2 Å². The van der Waals surface area contributed by atoms with Gasteiger partial charge in [0.05, 0.1) is 0 Å². The number of aliphatic hydroxyl groups is 1. The second-order valence-corrected chi connectivity index (χ2v) is 1.79. The second kappa shape index (κ2) is 3.70. The van der Waals surface area contributed by atoms with E-state index in [0.29, 0.717) is 5.03 Å². The van der Waals surface area contributed by atoms with Crippen LogP contribution in [0.5, 0.6) is 0 Å². The summed E-state index contributed by atoms with van der Waals surface area (Å²) in [6.07, 6.45) is 2.32. The van der Waals surface area contributed by atoms with E-state index in [1.807, 2.05) is 0 Å². The molecule has 0 aromatic heterocycles. The van der Waals surface area contributed by atoms with Crippen LogP contribution in [0.15, 0.2) is 23.8 Å². The number of allylic oxidation sites excluding steroid dienone is 1. The van der Waals surface area contributed by atoms with Crippen molar-refractivity contribution < 1.29 is 5.11 Å². The van der Waals surface area contributed by atoms with Gasteiger partial charge in [0.15, 0.2) is 0 Å². The number of hydrogen-bond donors (Lipinski definition) is 1. The van der Waals surface area contributed by atoms with Gasteiger partial charge in [-0.25, -0.2) is 0 Å². The highest BCUT2D eigenvalue weighted by atomic mass is 35.5. The van der Waals surface area contributed by atoms with Crippen molar-refractivity contribution in [3.05, 3.63) is 23.8 Å². The SMILES string of the molecule is C=CC(O)C(Cl)=CC. The highest BCUT2D eigenvalue weighted by Crippen LogP contribution is 2.06. The Morgan fingerprint density at radius 1 is 1.88 bits per heavy atom. The molecule has 0 saturated heterocycles. The van der Waals surface area contributed by atoms with E-state index in [4.69, 9.17) is 16.7 Å². The van der Waals surface area contributed by atoms with E-state index in [2.05, 4.69) is 6.58 Å². The highest BCUT2D eigenvalue weighted by Gasteiger charge is 1.98. The molecule has 1 nitrogen and oxygen atoms in total. The maximum Gasteiger partial charge on any atom is 0.107 e. The maximum absolute atomic E-state index is 8.81. The van der Waals surface area contributed by atoms with Crippen LogP contribution < -0.4 is 0 Å². The molecule has 1 unspecified atom stereocenters. The lowest BCUT2D eigenvalue weighted by atomic mass is 10.3. The molecular formula is C6H9ClO. The Morgan fingerprint density at radius 2 is 2.38 bits per heavy atom. The van der Waals surface area contributed by atoms with Crippen LogP contribution in [0.25, 0.3) is 0 Å². The molecule has 0 aliphatic carbocycles. The van der Waals surface area contributed by atoms with Crippen molar-refractivity contribution in [3.8, 4) is 0 Å². The fraction of sp³-hybridized carbons (Fsp3) is 0.333. The molecular weight excluding hydrogens is 124 g/mol. The van der Waals surface area contributed by atoms with Crippen LogP contribution in [0.1, 0.15) is 6.92 Å². The summed E-state index contributed by atoms with van der Waals surface area (Å²) >= 11 is 5.46. The molecule has 1 atom stereocenters. The maximum atomic E-state index is 8.81. The highest BCUT2D eigenvalue weighted by molar-refractivity contribution is 6.30. The fourth-order valence-electron chi connectivity index (χ4n) is 0.283. The first-order valence-electron chi connectivity index (χ1n) is 2.34. The van der Waals surface area contributed by atoms with Gasteiger partial charge in [-0.05, 0) is 6.92 Å². The third-order valence-corrected chi connectivity index (χ3v) is 1.22. The van der Waals surface area contributed by atoms with Crippen molar-refractivity contribution in [2.45, 2.75) is 13.0 Å². The molecule has 0 aliphatic rings. The lowest BCUT2D eigenvalue weighted by Crippen LogP contribution is -1.99. The number of hydrogen-bond acceptors (Lipinski definition) is 1. The van der Waals surface area contributed by atoms with Gasteiger partial charge in [-0.1, -0.05) is 23.8 Å². The van der Waals surface area contributed by atoms with Crippen LogP contribution in [0, 0.1) is 0 Å². The Kier molecular flexibility index (Phi) is 3.57. The molecule has 8 heavy (non-hydrogen) atoms. The predicted molar refractivity (Wildman–Crippen MR) is 35.8 cm³/mol. The molecule has 0 rings (SSSR count). The molecule has 0 amide bonds. The average molecular weight is 133 g/mol. The Labute approximate surface area is 54.3 Å². The molecule has 0 radical (unpaired) electrons. The molecule has 0 aromatic carbocycles. The van der Waals surface area contributed by atoms with Crippen molar-refractivity contribution in [1.29, 1.82) is 0 Å². The molecule has 0 aromatic rings. The van der Waals surface area contributed by atoms with Gasteiger partial charge in [0.2, 0.25) is 0 Å². The minimum absolute atomic E-state index is 0.417. The first-order valence-corrected chi connectivity index (χ1v) is 2.72. The van der Waals surface area contributed by atoms with Crippen molar-refractivity contribution in [3.63, 3.8) is 0 Å². The van der Waals surface area contributed by atoms with Crippen LogP contribution in [0.2, 0.25) is 0 Å². The largest absolute Gasteiger partial charge is 0.383 e. The first kappa shape index (κ1) is 7.73. The van der Waals surface area contributed by atoms with Gasteiger partial charge in [0, 0.05) is 5.03 Å². The van der Waals surface area contributed by atoms with E-state index in [0.717, 1.165) is 0 Å². The monoisotopic (exact) mass is 132 g/mol. The van der Waals surface area contributed by atoms with Crippen molar-refractivity contribution in [2.24, 2.45) is 0 Å². The van der Waals surface area contributed by atoms with Crippen molar-refractivity contribution >= 4 is 11.6 Å². The minimum Gasteiger partial charge on any atom is -0.383 e. The third-order valence-electron chi connectivity index (χ3n) is 0.782. The fourth-order valence-corrected chi connectivity index (χ4v) is 0.372. The zero-order chi connectivity index (χ0) is 6.57. The van der Waals surface area contributed by atoms with Crippen LogP contribution >= 0.6 is 11.6 Å². The zero-order valence-electron chi connectivity index (χ0n) is 4.76. The van der Waals surface area contributed by atoms with Crippen LogP contribution in [-0.2, 0) is 0 Å². The summed E-state index contributed by atoms with van der Waals surface area (Å²) in [6.45, 7) is 5.11. The molecule has 0 aliphatic heterocycles. The van der Waals surface area contributed by atoms with Crippen molar-refractivity contribution in [1.82, 2.24) is 0 Å². The first-order chi connectivity index (χ1) is 3.72. The summed E-state index contributed by atoms with van der Waals surface area (Å²) < 4.78 is 0. The normalized spacial score (nSPS) is 15.6. The molecule has 0 fully saturated rings. The molecule has 0 spiro atoms. The van der Waals surface area contributed by atoms with Gasteiger partial charge in [-0.2, -0.15) is 0 Å². The van der Waals surface area contributed by atoms with E-state index in [1.54, 1.807) is 13.0 Å². The van der Waals surface area contributed by atoms with E-state index in [9.17, 15) is 0 Å². The molecule has 2 heteroatoms. The molecule has 1 N–H and O–H groups in total. The average Bonchev–Trinajstić information content (AvgIpc) is 1.84.